The zero-order valence-corrected chi connectivity index (χ0v) is 14.2. The maximum absolute atomic E-state index is 12.7. The molecule has 3 rings (SSSR count). The lowest BCUT2D eigenvalue weighted by Crippen LogP contribution is -2.40. The number of likely N-dealkylation sites (tertiary alicyclic amines) is 1. The van der Waals surface area contributed by atoms with Gasteiger partial charge >= 0.3 is 0 Å². The minimum Gasteiger partial charge on any atom is -0.496 e. The quantitative estimate of drug-likeness (QED) is 0.922. The summed E-state index contributed by atoms with van der Waals surface area (Å²) >= 11 is 0. The Kier molecular flexibility index (Phi) is 5.60. The molecule has 23 heavy (non-hydrogen) atoms. The van der Waals surface area contributed by atoms with E-state index >= 15 is 0 Å². The predicted molar refractivity (Wildman–Crippen MR) is 89.0 cm³/mol. The molecule has 0 aliphatic carbocycles. The van der Waals surface area contributed by atoms with Crippen LogP contribution in [0.4, 0.5) is 0 Å². The molecule has 126 valence electrons. The molecule has 1 N–H and O–H groups in total. The van der Waals surface area contributed by atoms with Crippen LogP contribution in [0.25, 0.3) is 5.65 Å². The minimum atomic E-state index is -0.297. The van der Waals surface area contributed by atoms with Crippen LogP contribution >= 0.6 is 0 Å². The number of piperidine rings is 1. The van der Waals surface area contributed by atoms with Crippen molar-refractivity contribution in [1.82, 2.24) is 14.3 Å². The maximum atomic E-state index is 12.7. The van der Waals surface area contributed by atoms with E-state index in [2.05, 4.69) is 4.98 Å². The predicted octanol–water partition coefficient (Wildman–Crippen LogP) is 2.27. The molecule has 1 aliphatic rings. The van der Waals surface area contributed by atoms with Gasteiger partial charge in [-0.3, -0.25) is 4.79 Å². The number of pyridine rings is 1. The number of aliphatic hydroxyl groups is 1. The van der Waals surface area contributed by atoms with Crippen LogP contribution in [-0.4, -0.2) is 51.6 Å². The molecule has 1 aliphatic heterocycles. The monoisotopic (exact) mass is 319 g/mol. The van der Waals surface area contributed by atoms with Crippen LogP contribution in [0.5, 0.6) is 5.75 Å². The average Bonchev–Trinajstić information content (AvgIpc) is 2.96. The van der Waals surface area contributed by atoms with Crippen molar-refractivity contribution in [3.63, 3.8) is 0 Å². The van der Waals surface area contributed by atoms with Gasteiger partial charge < -0.3 is 19.1 Å². The molecule has 0 spiro atoms. The SMILES string of the molecule is CC.COc1cc2ncc(C)n2cc1C(=O)N1CCC(O)CC1. The van der Waals surface area contributed by atoms with Crippen molar-refractivity contribution in [3.8, 4) is 5.75 Å². The molecule has 6 heteroatoms. The summed E-state index contributed by atoms with van der Waals surface area (Å²) in [6.45, 7) is 7.09. The first kappa shape index (κ1) is 17.3. The van der Waals surface area contributed by atoms with E-state index in [1.54, 1.807) is 30.5 Å². The van der Waals surface area contributed by atoms with Crippen molar-refractivity contribution in [2.24, 2.45) is 0 Å². The summed E-state index contributed by atoms with van der Waals surface area (Å²) in [5, 5.41) is 9.55. The lowest BCUT2D eigenvalue weighted by Gasteiger charge is -2.30. The molecular formula is C17H25N3O3. The number of aryl methyl sites for hydroxylation is 1. The normalized spacial score (nSPS) is 15.3. The summed E-state index contributed by atoms with van der Waals surface area (Å²) in [5.74, 6) is 0.470. The lowest BCUT2D eigenvalue weighted by atomic mass is 10.1. The van der Waals surface area contributed by atoms with Gasteiger partial charge in [0.1, 0.15) is 11.4 Å². The number of hydrogen-bond donors (Lipinski definition) is 1. The van der Waals surface area contributed by atoms with E-state index in [1.807, 2.05) is 25.2 Å². The van der Waals surface area contributed by atoms with Gasteiger partial charge in [0.05, 0.1) is 18.8 Å². The van der Waals surface area contributed by atoms with Crippen molar-refractivity contribution in [3.05, 3.63) is 29.7 Å². The van der Waals surface area contributed by atoms with E-state index in [0.29, 0.717) is 37.2 Å². The third-order valence-corrected chi connectivity index (χ3v) is 4.00. The number of imidazole rings is 1. The first-order valence-electron chi connectivity index (χ1n) is 8.09. The van der Waals surface area contributed by atoms with Gasteiger partial charge in [-0.2, -0.15) is 0 Å². The summed E-state index contributed by atoms with van der Waals surface area (Å²) in [7, 11) is 1.55. The molecule has 3 heterocycles. The van der Waals surface area contributed by atoms with Crippen LogP contribution < -0.4 is 4.74 Å². The molecule has 0 atom stereocenters. The molecule has 1 amide bonds. The van der Waals surface area contributed by atoms with Crippen molar-refractivity contribution in [2.75, 3.05) is 20.2 Å². The summed E-state index contributed by atoms with van der Waals surface area (Å²) in [4.78, 5) is 18.7. The highest BCUT2D eigenvalue weighted by Crippen LogP contribution is 2.24. The number of aromatic nitrogens is 2. The molecule has 0 unspecified atom stereocenters. The molecule has 0 bridgehead atoms. The number of fused-ring (bicyclic) bond motifs is 1. The Labute approximate surface area is 136 Å². The van der Waals surface area contributed by atoms with Crippen LogP contribution in [0.2, 0.25) is 0 Å². The summed E-state index contributed by atoms with van der Waals surface area (Å²) < 4.78 is 7.23. The number of amides is 1. The van der Waals surface area contributed by atoms with Gasteiger partial charge in [0, 0.05) is 37.2 Å². The van der Waals surface area contributed by atoms with Gasteiger partial charge in [0.25, 0.3) is 5.91 Å². The van der Waals surface area contributed by atoms with Crippen LogP contribution in [0.15, 0.2) is 18.5 Å². The highest BCUT2D eigenvalue weighted by Gasteiger charge is 2.25. The number of ether oxygens (including phenoxy) is 1. The summed E-state index contributed by atoms with van der Waals surface area (Å²) in [6, 6.07) is 1.78. The first-order chi connectivity index (χ1) is 11.1. The van der Waals surface area contributed by atoms with Gasteiger partial charge in [-0.25, -0.2) is 4.98 Å². The topological polar surface area (TPSA) is 67.1 Å². The van der Waals surface area contributed by atoms with Crippen LogP contribution in [0, 0.1) is 6.92 Å². The van der Waals surface area contributed by atoms with Crippen LogP contribution in [-0.2, 0) is 0 Å². The minimum absolute atomic E-state index is 0.0613. The number of hydrogen-bond acceptors (Lipinski definition) is 4. The van der Waals surface area contributed by atoms with Crippen molar-refractivity contribution >= 4 is 11.6 Å². The molecule has 0 saturated carbocycles. The molecule has 6 nitrogen and oxygen atoms in total. The highest BCUT2D eigenvalue weighted by molar-refractivity contribution is 5.97. The van der Waals surface area contributed by atoms with Crippen molar-refractivity contribution < 1.29 is 14.6 Å². The van der Waals surface area contributed by atoms with Crippen LogP contribution in [0.3, 0.4) is 0 Å². The number of carbonyl (C=O) groups excluding carboxylic acids is 1. The Morgan fingerprint density at radius 1 is 1.35 bits per heavy atom. The fourth-order valence-electron chi connectivity index (χ4n) is 2.70. The lowest BCUT2D eigenvalue weighted by molar-refractivity contribution is 0.0543. The third-order valence-electron chi connectivity index (χ3n) is 4.00. The van der Waals surface area contributed by atoms with E-state index in [1.165, 1.54) is 0 Å². The third kappa shape index (κ3) is 3.47. The van der Waals surface area contributed by atoms with Crippen molar-refractivity contribution in [2.45, 2.75) is 39.7 Å². The van der Waals surface area contributed by atoms with Crippen molar-refractivity contribution in [1.29, 1.82) is 0 Å². The van der Waals surface area contributed by atoms with E-state index in [0.717, 1.165) is 11.3 Å². The maximum Gasteiger partial charge on any atom is 0.259 e. The van der Waals surface area contributed by atoms with E-state index in [4.69, 9.17) is 4.74 Å². The Balaban J connectivity index is 0.000000924. The van der Waals surface area contributed by atoms with Gasteiger partial charge in [-0.1, -0.05) is 13.8 Å². The zero-order valence-electron chi connectivity index (χ0n) is 14.2. The molecule has 0 aromatic carbocycles. The Hall–Kier alpha value is -2.08. The summed E-state index contributed by atoms with van der Waals surface area (Å²) in [5.41, 5.74) is 2.26. The first-order valence-corrected chi connectivity index (χ1v) is 8.09. The number of rotatable bonds is 2. The second-order valence-electron chi connectivity index (χ2n) is 5.41. The van der Waals surface area contributed by atoms with Gasteiger partial charge in [-0.05, 0) is 19.8 Å². The van der Waals surface area contributed by atoms with Gasteiger partial charge in [0.2, 0.25) is 0 Å². The Morgan fingerprint density at radius 2 is 2.00 bits per heavy atom. The Morgan fingerprint density at radius 3 is 2.61 bits per heavy atom. The molecule has 2 aromatic heterocycles. The summed E-state index contributed by atoms with van der Waals surface area (Å²) in [6.07, 6.45) is 4.50. The number of nitrogens with zero attached hydrogens (tertiary/aromatic N) is 3. The second-order valence-corrected chi connectivity index (χ2v) is 5.41. The fourth-order valence-corrected chi connectivity index (χ4v) is 2.70. The number of aliphatic hydroxyl groups excluding tert-OH is 1. The highest BCUT2D eigenvalue weighted by atomic mass is 16.5. The van der Waals surface area contributed by atoms with Gasteiger partial charge in [-0.15, -0.1) is 0 Å². The molecule has 0 radical (unpaired) electrons. The molecule has 1 saturated heterocycles. The standard InChI is InChI=1S/C15H19N3O3.C2H6/c1-10-8-16-14-7-13(21-2)12(9-18(10)14)15(20)17-5-3-11(19)4-6-17;1-2/h7-9,11,19H,3-6H2,1-2H3;1-2H3. The fraction of sp³-hybridized carbons (Fsp3) is 0.529. The number of carbonyl (C=O) groups is 1. The van der Waals surface area contributed by atoms with E-state index in [-0.39, 0.29) is 12.0 Å². The molecule has 1 fully saturated rings. The Bertz CT molecular complexity index is 673. The van der Waals surface area contributed by atoms with E-state index in [9.17, 15) is 9.90 Å². The number of methoxy groups -OCH3 is 1. The molecule has 2 aromatic rings. The van der Waals surface area contributed by atoms with Gasteiger partial charge in [0.15, 0.2) is 0 Å². The largest absolute Gasteiger partial charge is 0.496 e. The smallest absolute Gasteiger partial charge is 0.259 e. The molecular weight excluding hydrogens is 294 g/mol. The average molecular weight is 319 g/mol. The second kappa shape index (κ2) is 7.46. The van der Waals surface area contributed by atoms with Crippen LogP contribution in [0.1, 0.15) is 42.7 Å². The van der Waals surface area contributed by atoms with E-state index < -0.39 is 0 Å². The zero-order chi connectivity index (χ0) is 17.0.